The number of hydrogen-bond donors (Lipinski definition) is 0. The molecule has 2 aromatic rings. The van der Waals surface area contributed by atoms with Crippen LogP contribution in [0.3, 0.4) is 0 Å². The Balaban J connectivity index is 1.77. The number of nitrogens with zero attached hydrogens (tertiary/aromatic N) is 4. The summed E-state index contributed by atoms with van der Waals surface area (Å²) in [4.78, 5) is 25.8. The van der Waals surface area contributed by atoms with Crippen LogP contribution in [0.4, 0.5) is 11.6 Å². The smallest absolute Gasteiger partial charge is 0.231 e. The van der Waals surface area contributed by atoms with Crippen molar-refractivity contribution in [2.24, 2.45) is 5.92 Å². The van der Waals surface area contributed by atoms with Crippen LogP contribution in [0.25, 0.3) is 0 Å². The molecule has 1 saturated heterocycles. The van der Waals surface area contributed by atoms with Crippen LogP contribution in [0, 0.1) is 12.8 Å². The highest BCUT2D eigenvalue weighted by Gasteiger charge is 2.30. The van der Waals surface area contributed by atoms with Gasteiger partial charge in [-0.15, -0.1) is 0 Å². The van der Waals surface area contributed by atoms with E-state index in [2.05, 4.69) is 27.9 Å². The Morgan fingerprint density at radius 2 is 2.00 bits per heavy atom. The summed E-state index contributed by atoms with van der Waals surface area (Å²) < 4.78 is 0. The topological polar surface area (TPSA) is 49.3 Å². The number of hydrogen-bond acceptors (Lipinski definition) is 4. The summed E-state index contributed by atoms with van der Waals surface area (Å²) in [6, 6.07) is 9.89. The van der Waals surface area contributed by atoms with Crippen LogP contribution < -0.4 is 9.80 Å². The summed E-state index contributed by atoms with van der Waals surface area (Å²) in [7, 11) is 0. The third-order valence-corrected chi connectivity index (χ3v) is 4.59. The molecule has 1 aromatic heterocycles. The normalized spacial score (nSPS) is 17.6. The van der Waals surface area contributed by atoms with Crippen molar-refractivity contribution in [3.8, 4) is 0 Å². The average Bonchev–Trinajstić information content (AvgIpc) is 2.64. The van der Waals surface area contributed by atoms with Crippen molar-refractivity contribution >= 4 is 17.5 Å². The first-order valence-corrected chi connectivity index (χ1v) is 8.59. The van der Waals surface area contributed by atoms with Gasteiger partial charge in [0.2, 0.25) is 11.9 Å². The first kappa shape index (κ1) is 16.4. The molecule has 0 spiro atoms. The van der Waals surface area contributed by atoms with Crippen molar-refractivity contribution in [3.05, 3.63) is 48.3 Å². The summed E-state index contributed by atoms with van der Waals surface area (Å²) >= 11 is 0. The van der Waals surface area contributed by atoms with Gasteiger partial charge in [0.15, 0.2) is 0 Å². The molecular formula is C19H24N4O. The van der Waals surface area contributed by atoms with Crippen LogP contribution in [0.5, 0.6) is 0 Å². The van der Waals surface area contributed by atoms with Gasteiger partial charge in [-0.1, -0.05) is 18.2 Å². The van der Waals surface area contributed by atoms with E-state index in [1.165, 1.54) is 0 Å². The van der Waals surface area contributed by atoms with Crippen molar-refractivity contribution in [1.29, 1.82) is 0 Å². The number of benzene rings is 1. The van der Waals surface area contributed by atoms with E-state index in [-0.39, 0.29) is 11.8 Å². The molecule has 0 aliphatic carbocycles. The zero-order chi connectivity index (χ0) is 16.9. The molecule has 1 aliphatic heterocycles. The van der Waals surface area contributed by atoms with Crippen molar-refractivity contribution in [1.82, 2.24) is 9.97 Å². The second-order valence-electron chi connectivity index (χ2n) is 6.20. The lowest BCUT2D eigenvalue weighted by molar-refractivity contribution is -0.122. The highest BCUT2D eigenvalue weighted by atomic mass is 16.2. The molecule has 2 heterocycles. The zero-order valence-corrected chi connectivity index (χ0v) is 14.4. The number of piperidine rings is 1. The van der Waals surface area contributed by atoms with E-state index in [4.69, 9.17) is 0 Å². The van der Waals surface area contributed by atoms with Gasteiger partial charge in [-0.2, -0.15) is 0 Å². The predicted octanol–water partition coefficient (Wildman–Crippen LogP) is 3.05. The molecule has 0 saturated carbocycles. The maximum absolute atomic E-state index is 13.1. The van der Waals surface area contributed by atoms with Crippen LogP contribution in [0.1, 0.15) is 25.3 Å². The minimum Gasteiger partial charge on any atom is -0.340 e. The van der Waals surface area contributed by atoms with Crippen LogP contribution in [-0.4, -0.2) is 35.5 Å². The van der Waals surface area contributed by atoms with E-state index in [0.29, 0.717) is 19.0 Å². The fourth-order valence-corrected chi connectivity index (χ4v) is 3.35. The summed E-state index contributed by atoms with van der Waals surface area (Å²) in [5, 5.41) is 0. The number of aromatic nitrogens is 2. The van der Waals surface area contributed by atoms with E-state index in [9.17, 15) is 4.79 Å². The van der Waals surface area contributed by atoms with Gasteiger partial charge in [-0.3, -0.25) is 4.79 Å². The molecule has 1 aliphatic rings. The van der Waals surface area contributed by atoms with Crippen LogP contribution >= 0.6 is 0 Å². The van der Waals surface area contributed by atoms with Gasteiger partial charge in [-0.25, -0.2) is 9.97 Å². The SMILES string of the molecule is CCN(C(=O)C1CCCN(c2ncccn2)C1)c1ccccc1C. The van der Waals surface area contributed by atoms with Gasteiger partial charge in [0.1, 0.15) is 0 Å². The number of aryl methyl sites for hydroxylation is 1. The van der Waals surface area contributed by atoms with Gasteiger partial charge in [-0.05, 0) is 44.4 Å². The van der Waals surface area contributed by atoms with Crippen LogP contribution in [0.15, 0.2) is 42.7 Å². The highest BCUT2D eigenvalue weighted by molar-refractivity contribution is 5.96. The monoisotopic (exact) mass is 324 g/mol. The van der Waals surface area contributed by atoms with Crippen LogP contribution in [-0.2, 0) is 4.79 Å². The second kappa shape index (κ2) is 7.43. The Kier molecular flexibility index (Phi) is 5.08. The molecule has 24 heavy (non-hydrogen) atoms. The summed E-state index contributed by atoms with van der Waals surface area (Å²) in [6.45, 7) is 6.36. The second-order valence-corrected chi connectivity index (χ2v) is 6.20. The molecule has 3 rings (SSSR count). The number of anilines is 2. The van der Waals surface area contributed by atoms with E-state index >= 15 is 0 Å². The first-order chi connectivity index (χ1) is 11.7. The quantitative estimate of drug-likeness (QED) is 0.867. The fraction of sp³-hybridized carbons (Fsp3) is 0.421. The standard InChI is InChI=1S/C19H24N4O/c1-3-23(17-10-5-4-8-15(17)2)18(24)16-9-6-13-22(14-16)19-20-11-7-12-21-19/h4-5,7-8,10-12,16H,3,6,9,13-14H2,1-2H3. The van der Waals surface area contributed by atoms with E-state index in [1.807, 2.05) is 36.1 Å². The largest absolute Gasteiger partial charge is 0.340 e. The third-order valence-electron chi connectivity index (χ3n) is 4.59. The summed E-state index contributed by atoms with van der Waals surface area (Å²) in [5.74, 6) is 0.906. The molecule has 1 amide bonds. The molecule has 0 N–H and O–H groups in total. The lowest BCUT2D eigenvalue weighted by Gasteiger charge is -2.35. The Morgan fingerprint density at radius 1 is 1.25 bits per heavy atom. The molecular weight excluding hydrogens is 300 g/mol. The third kappa shape index (κ3) is 3.40. The van der Waals surface area contributed by atoms with E-state index < -0.39 is 0 Å². The van der Waals surface area contributed by atoms with Gasteiger partial charge >= 0.3 is 0 Å². The minimum atomic E-state index is -0.0119. The molecule has 5 nitrogen and oxygen atoms in total. The van der Waals surface area contributed by atoms with Gasteiger partial charge in [0.05, 0.1) is 5.92 Å². The van der Waals surface area contributed by atoms with Crippen molar-refractivity contribution in [3.63, 3.8) is 0 Å². The maximum Gasteiger partial charge on any atom is 0.231 e. The Bertz CT molecular complexity index is 689. The number of amides is 1. The lowest BCUT2D eigenvalue weighted by atomic mass is 9.96. The van der Waals surface area contributed by atoms with Gasteiger partial charge in [0.25, 0.3) is 0 Å². The lowest BCUT2D eigenvalue weighted by Crippen LogP contribution is -2.45. The van der Waals surface area contributed by atoms with Gasteiger partial charge in [0, 0.05) is 37.7 Å². The first-order valence-electron chi connectivity index (χ1n) is 8.59. The average molecular weight is 324 g/mol. The Morgan fingerprint density at radius 3 is 2.71 bits per heavy atom. The summed E-state index contributed by atoms with van der Waals surface area (Å²) in [5.41, 5.74) is 2.14. The van der Waals surface area contributed by atoms with E-state index in [0.717, 1.165) is 30.6 Å². The predicted molar refractivity (Wildman–Crippen MR) is 96.2 cm³/mol. The zero-order valence-electron chi connectivity index (χ0n) is 14.4. The van der Waals surface area contributed by atoms with Crippen LogP contribution in [0.2, 0.25) is 0 Å². The molecule has 1 fully saturated rings. The number of para-hydroxylation sites is 1. The minimum absolute atomic E-state index is 0.0119. The Labute approximate surface area is 143 Å². The molecule has 1 unspecified atom stereocenters. The number of carbonyl (C=O) groups excluding carboxylic acids is 1. The number of carbonyl (C=O) groups is 1. The van der Waals surface area contributed by atoms with E-state index in [1.54, 1.807) is 12.4 Å². The fourth-order valence-electron chi connectivity index (χ4n) is 3.35. The van der Waals surface area contributed by atoms with Gasteiger partial charge < -0.3 is 9.80 Å². The van der Waals surface area contributed by atoms with Crippen molar-refractivity contribution in [2.45, 2.75) is 26.7 Å². The number of rotatable bonds is 4. The molecule has 1 aromatic carbocycles. The molecule has 0 radical (unpaired) electrons. The molecule has 5 heteroatoms. The molecule has 0 bridgehead atoms. The Hall–Kier alpha value is -2.43. The highest BCUT2D eigenvalue weighted by Crippen LogP contribution is 2.26. The summed E-state index contributed by atoms with van der Waals surface area (Å²) in [6.07, 6.45) is 5.41. The molecule has 126 valence electrons. The van der Waals surface area contributed by atoms with Crippen molar-refractivity contribution < 1.29 is 4.79 Å². The maximum atomic E-state index is 13.1. The van der Waals surface area contributed by atoms with Crippen molar-refractivity contribution in [2.75, 3.05) is 29.4 Å². The molecule has 1 atom stereocenters.